The first kappa shape index (κ1) is 19.6. The Balaban J connectivity index is 2.03. The number of rotatable bonds is 7. The highest BCUT2D eigenvalue weighted by Crippen LogP contribution is 2.22. The van der Waals surface area contributed by atoms with E-state index in [2.05, 4.69) is 87.6 Å². The number of anilines is 4. The summed E-state index contributed by atoms with van der Waals surface area (Å²) in [5, 5.41) is 5.23. The van der Waals surface area contributed by atoms with E-state index in [1.807, 2.05) is 25.8 Å². The van der Waals surface area contributed by atoms with Crippen molar-refractivity contribution in [1.82, 2.24) is 9.97 Å². The molecule has 0 amide bonds. The monoisotopic (exact) mass is 377 g/mol. The Morgan fingerprint density at radius 1 is 0.821 bits per heavy atom. The molecule has 1 aromatic heterocycles. The molecule has 6 heteroatoms. The molecule has 0 aliphatic carbocycles. The van der Waals surface area contributed by atoms with Gasteiger partial charge >= 0.3 is 11.9 Å². The zero-order chi connectivity index (χ0) is 20.1. The van der Waals surface area contributed by atoms with Crippen LogP contribution in [0.15, 0.2) is 54.9 Å². The Kier molecular flexibility index (Phi) is 6.09. The number of aromatic nitrogens is 3. The number of benzene rings is 2. The lowest BCUT2D eigenvalue weighted by Gasteiger charge is -2.25. The standard InChI is InChI=1S/C22H28N6/c1-6-17-8-12-19(13-9-17)26(4)22-25-16-24-21(23-3)28(22)27(5)20-14-10-18(7-2)11-15-20/h8-16H,6-7H2,1-5H3/p+1. The zero-order valence-electron chi connectivity index (χ0n) is 17.3. The molecular formula is C22H29N6+. The summed E-state index contributed by atoms with van der Waals surface area (Å²) < 4.78 is 1.98. The van der Waals surface area contributed by atoms with Gasteiger partial charge in [0.15, 0.2) is 0 Å². The smallest absolute Gasteiger partial charge is 0.308 e. The number of nitrogens with zero attached hydrogens (tertiary/aromatic N) is 5. The molecule has 0 radical (unpaired) electrons. The Labute approximate surface area is 167 Å². The van der Waals surface area contributed by atoms with Gasteiger partial charge in [-0.15, -0.1) is 14.6 Å². The largest absolute Gasteiger partial charge is 0.352 e. The van der Waals surface area contributed by atoms with Gasteiger partial charge in [-0.1, -0.05) is 38.1 Å². The fraction of sp³-hybridized carbons (Fsp3) is 0.318. The molecule has 0 saturated carbocycles. The van der Waals surface area contributed by atoms with Crippen LogP contribution >= 0.6 is 0 Å². The molecule has 0 fully saturated rings. The van der Waals surface area contributed by atoms with Crippen molar-refractivity contribution in [1.29, 1.82) is 0 Å². The van der Waals surface area contributed by atoms with Crippen molar-refractivity contribution in [3.8, 4) is 0 Å². The number of hydrogen-bond acceptors (Lipinski definition) is 5. The minimum absolute atomic E-state index is 0.712. The third-order valence-electron chi connectivity index (χ3n) is 5.02. The maximum atomic E-state index is 4.58. The molecule has 0 aliphatic heterocycles. The molecule has 1 N–H and O–H groups in total. The minimum atomic E-state index is 0.712. The van der Waals surface area contributed by atoms with Gasteiger partial charge in [-0.2, -0.15) is 0 Å². The second-order valence-electron chi connectivity index (χ2n) is 6.68. The van der Waals surface area contributed by atoms with Crippen molar-refractivity contribution in [2.75, 3.05) is 36.4 Å². The van der Waals surface area contributed by atoms with E-state index < -0.39 is 0 Å². The summed E-state index contributed by atoms with van der Waals surface area (Å²) in [7, 11) is 5.91. The van der Waals surface area contributed by atoms with Crippen LogP contribution in [-0.4, -0.2) is 31.1 Å². The van der Waals surface area contributed by atoms with Gasteiger partial charge in [0.2, 0.25) is 6.33 Å². The molecule has 6 nitrogen and oxygen atoms in total. The van der Waals surface area contributed by atoms with Crippen LogP contribution in [-0.2, 0) is 12.8 Å². The Hall–Kier alpha value is -3.15. The first-order chi connectivity index (χ1) is 13.6. The highest BCUT2D eigenvalue weighted by atomic mass is 15.6. The molecule has 146 valence electrons. The van der Waals surface area contributed by atoms with E-state index in [9.17, 15) is 0 Å². The molecule has 0 bridgehead atoms. The lowest BCUT2D eigenvalue weighted by Crippen LogP contribution is -2.57. The van der Waals surface area contributed by atoms with Crippen LogP contribution in [0.1, 0.15) is 25.0 Å². The van der Waals surface area contributed by atoms with Gasteiger partial charge in [-0.05, 0) is 48.2 Å². The van der Waals surface area contributed by atoms with Crippen LogP contribution < -0.4 is 19.9 Å². The quantitative estimate of drug-likeness (QED) is 0.638. The topological polar surface area (TPSA) is 48.2 Å². The number of hydrogen-bond donors (Lipinski definition) is 1. The van der Waals surface area contributed by atoms with Gasteiger partial charge in [0.05, 0.1) is 11.4 Å². The van der Waals surface area contributed by atoms with Crippen LogP contribution in [0.3, 0.4) is 0 Å². The molecule has 1 heterocycles. The van der Waals surface area contributed by atoms with Crippen LogP contribution in [0.5, 0.6) is 0 Å². The van der Waals surface area contributed by atoms with Crippen molar-refractivity contribution in [2.45, 2.75) is 26.7 Å². The maximum Gasteiger partial charge on any atom is 0.352 e. The highest BCUT2D eigenvalue weighted by molar-refractivity contribution is 5.56. The van der Waals surface area contributed by atoms with Crippen molar-refractivity contribution >= 4 is 23.3 Å². The molecule has 0 unspecified atom stereocenters. The lowest BCUT2D eigenvalue weighted by atomic mass is 10.1. The van der Waals surface area contributed by atoms with Crippen LogP contribution in [0.25, 0.3) is 0 Å². The molecule has 3 aromatic rings. The molecule has 0 spiro atoms. The molecule has 0 saturated heterocycles. The van der Waals surface area contributed by atoms with Crippen LogP contribution in [0.2, 0.25) is 0 Å². The first-order valence-electron chi connectivity index (χ1n) is 9.69. The number of nitrogens with one attached hydrogen (secondary N) is 1. The van der Waals surface area contributed by atoms with Gasteiger partial charge in [-0.3, -0.25) is 4.90 Å². The average molecular weight is 378 g/mol. The van der Waals surface area contributed by atoms with E-state index >= 15 is 0 Å². The summed E-state index contributed by atoms with van der Waals surface area (Å²) in [5.74, 6) is 1.48. The van der Waals surface area contributed by atoms with E-state index in [-0.39, 0.29) is 0 Å². The van der Waals surface area contributed by atoms with Crippen molar-refractivity contribution in [2.24, 2.45) is 0 Å². The minimum Gasteiger partial charge on any atom is -0.308 e. The SMILES string of the molecule is CCc1ccc(N(C)c2ncnc(NC)[n+]2N(C)c2ccc(CC)cc2)cc1. The van der Waals surface area contributed by atoms with Crippen LogP contribution in [0.4, 0.5) is 23.3 Å². The van der Waals surface area contributed by atoms with E-state index in [0.717, 1.165) is 30.2 Å². The molecule has 2 aromatic carbocycles. The predicted molar refractivity (Wildman–Crippen MR) is 115 cm³/mol. The van der Waals surface area contributed by atoms with Gasteiger partial charge < -0.3 is 5.32 Å². The van der Waals surface area contributed by atoms with E-state index in [1.54, 1.807) is 6.33 Å². The third kappa shape index (κ3) is 3.91. The zero-order valence-corrected chi connectivity index (χ0v) is 17.3. The van der Waals surface area contributed by atoms with Gasteiger partial charge in [-0.25, -0.2) is 5.01 Å². The summed E-state index contributed by atoms with van der Waals surface area (Å²) in [6.07, 6.45) is 3.63. The van der Waals surface area contributed by atoms with Gasteiger partial charge in [0.1, 0.15) is 0 Å². The normalized spacial score (nSPS) is 10.6. The molecule has 0 atom stereocenters. The van der Waals surface area contributed by atoms with Crippen LogP contribution in [0, 0.1) is 0 Å². The van der Waals surface area contributed by atoms with Crippen molar-refractivity contribution < 1.29 is 4.68 Å². The second-order valence-corrected chi connectivity index (χ2v) is 6.68. The Morgan fingerprint density at radius 3 is 1.86 bits per heavy atom. The molecule has 0 aliphatic rings. The maximum absolute atomic E-state index is 4.58. The van der Waals surface area contributed by atoms with Crippen molar-refractivity contribution in [3.63, 3.8) is 0 Å². The summed E-state index contributed by atoms with van der Waals surface area (Å²) in [5.41, 5.74) is 4.76. The molecular weight excluding hydrogens is 348 g/mol. The first-order valence-corrected chi connectivity index (χ1v) is 9.69. The summed E-state index contributed by atoms with van der Waals surface area (Å²) >= 11 is 0. The Bertz CT molecular complexity index is 905. The fourth-order valence-electron chi connectivity index (χ4n) is 3.15. The number of aryl methyl sites for hydroxylation is 2. The highest BCUT2D eigenvalue weighted by Gasteiger charge is 2.24. The summed E-state index contributed by atoms with van der Waals surface area (Å²) in [6, 6.07) is 17.1. The van der Waals surface area contributed by atoms with Gasteiger partial charge in [0.25, 0.3) is 0 Å². The lowest BCUT2D eigenvalue weighted by molar-refractivity contribution is -0.659. The average Bonchev–Trinajstić information content (AvgIpc) is 2.77. The third-order valence-corrected chi connectivity index (χ3v) is 5.02. The summed E-state index contributed by atoms with van der Waals surface area (Å²) in [6.45, 7) is 4.32. The van der Waals surface area contributed by atoms with Gasteiger partial charge in [0, 0.05) is 21.1 Å². The van der Waals surface area contributed by atoms with E-state index in [1.165, 1.54) is 11.1 Å². The van der Waals surface area contributed by atoms with Crippen molar-refractivity contribution in [3.05, 3.63) is 66.0 Å². The predicted octanol–water partition coefficient (Wildman–Crippen LogP) is 3.60. The fourth-order valence-corrected chi connectivity index (χ4v) is 3.15. The molecule has 3 rings (SSSR count). The Morgan fingerprint density at radius 2 is 1.36 bits per heavy atom. The van der Waals surface area contributed by atoms with E-state index in [0.29, 0.717) is 5.95 Å². The second kappa shape index (κ2) is 8.69. The van der Waals surface area contributed by atoms with E-state index in [4.69, 9.17) is 0 Å². The summed E-state index contributed by atoms with van der Waals surface area (Å²) in [4.78, 5) is 11.1. The molecule has 28 heavy (non-hydrogen) atoms.